The lowest BCUT2D eigenvalue weighted by molar-refractivity contribution is -0.113. The monoisotopic (exact) mass is 440 g/mol. The Hall–Kier alpha value is -2.46. The van der Waals surface area contributed by atoms with Gasteiger partial charge in [-0.2, -0.15) is 4.91 Å². The first-order valence-corrected chi connectivity index (χ1v) is 11.2. The van der Waals surface area contributed by atoms with Gasteiger partial charge in [0, 0.05) is 11.3 Å². The lowest BCUT2D eigenvalue weighted by Gasteiger charge is -2.23. The van der Waals surface area contributed by atoms with Crippen molar-refractivity contribution in [3.05, 3.63) is 69.1 Å². The number of carbonyl (C=O) groups is 1. The highest BCUT2D eigenvalue weighted by Gasteiger charge is 2.29. The van der Waals surface area contributed by atoms with E-state index >= 15 is 0 Å². The number of amides is 1. The number of hydrogen-bond donors (Lipinski definition) is 1. The minimum absolute atomic E-state index is 0.162. The van der Waals surface area contributed by atoms with Crippen molar-refractivity contribution in [2.45, 2.75) is 65.7 Å². The first-order chi connectivity index (χ1) is 14.7. The van der Waals surface area contributed by atoms with Gasteiger partial charge < -0.3 is 5.32 Å². The van der Waals surface area contributed by atoms with Gasteiger partial charge in [0.1, 0.15) is 0 Å². The number of halogens is 1. The van der Waals surface area contributed by atoms with Gasteiger partial charge >= 0.3 is 0 Å². The van der Waals surface area contributed by atoms with Crippen molar-refractivity contribution in [2.24, 2.45) is 5.18 Å². The summed E-state index contributed by atoms with van der Waals surface area (Å²) in [6, 6.07) is 10.0. The van der Waals surface area contributed by atoms with E-state index in [1.54, 1.807) is 0 Å². The van der Waals surface area contributed by atoms with Crippen molar-refractivity contribution in [3.8, 4) is 11.1 Å². The molecule has 31 heavy (non-hydrogen) atoms. The van der Waals surface area contributed by atoms with E-state index in [2.05, 4.69) is 37.3 Å². The Bertz CT molecular complexity index is 976. The van der Waals surface area contributed by atoms with Gasteiger partial charge in [0.25, 0.3) is 5.91 Å². The third-order valence-electron chi connectivity index (χ3n) is 6.04. The number of rotatable bonds is 9. The normalized spacial score (nSPS) is 13.6. The molecule has 0 saturated carbocycles. The molecule has 0 aliphatic heterocycles. The molecule has 1 amide bonds. The van der Waals surface area contributed by atoms with Crippen LogP contribution in [0.2, 0.25) is 0 Å². The van der Waals surface area contributed by atoms with Crippen LogP contribution < -0.4 is 5.32 Å². The molecule has 1 N–H and O–H groups in total. The average molecular weight is 441 g/mol. The molecule has 0 aliphatic rings. The Morgan fingerprint density at radius 1 is 1.13 bits per heavy atom. The molecule has 0 spiro atoms. The van der Waals surface area contributed by atoms with Gasteiger partial charge in [0.15, 0.2) is 0 Å². The summed E-state index contributed by atoms with van der Waals surface area (Å²) < 4.78 is 0. The van der Waals surface area contributed by atoms with Gasteiger partial charge in [-0.25, -0.2) is 0 Å². The van der Waals surface area contributed by atoms with Gasteiger partial charge in [-0.15, -0.1) is 11.6 Å². The van der Waals surface area contributed by atoms with E-state index in [1.165, 1.54) is 16.7 Å². The summed E-state index contributed by atoms with van der Waals surface area (Å²) >= 11 is 6.57. The summed E-state index contributed by atoms with van der Waals surface area (Å²) in [5.74, 6) is -0.162. The highest BCUT2D eigenvalue weighted by Crippen LogP contribution is 2.32. The Morgan fingerprint density at radius 2 is 1.77 bits per heavy atom. The van der Waals surface area contributed by atoms with Crippen molar-refractivity contribution in [3.63, 3.8) is 0 Å². The van der Waals surface area contributed by atoms with Crippen LogP contribution >= 0.6 is 11.6 Å². The van der Waals surface area contributed by atoms with Gasteiger partial charge in [0.05, 0.1) is 11.4 Å². The number of aryl methyl sites for hydroxylation is 1. The molecule has 1 atom stereocenters. The Kier molecular flexibility index (Phi) is 8.58. The molecule has 0 aliphatic carbocycles. The average Bonchev–Trinajstić information content (AvgIpc) is 2.75. The first kappa shape index (κ1) is 24.8. The largest absolute Gasteiger partial charge is 0.322 e. The van der Waals surface area contributed by atoms with E-state index < -0.39 is 4.87 Å². The second-order valence-corrected chi connectivity index (χ2v) is 9.02. The van der Waals surface area contributed by atoms with Crippen LogP contribution in [-0.2, 0) is 11.2 Å². The number of benzene rings is 2. The highest BCUT2D eigenvalue weighted by atomic mass is 35.5. The van der Waals surface area contributed by atoms with Crippen LogP contribution in [0.4, 0.5) is 5.69 Å². The molecule has 2 aromatic carbocycles. The zero-order valence-corrected chi connectivity index (χ0v) is 20.2. The molecule has 166 valence electrons. The Balaban J connectivity index is 2.29. The second-order valence-electron chi connectivity index (χ2n) is 8.18. The van der Waals surface area contributed by atoms with Gasteiger partial charge in [-0.3, -0.25) is 4.79 Å². The van der Waals surface area contributed by atoms with E-state index in [-0.39, 0.29) is 5.91 Å². The van der Waals surface area contributed by atoms with Crippen LogP contribution in [0.1, 0.15) is 55.9 Å². The zero-order chi connectivity index (χ0) is 23.2. The fourth-order valence-corrected chi connectivity index (χ4v) is 4.01. The predicted molar refractivity (Wildman–Crippen MR) is 132 cm³/mol. The van der Waals surface area contributed by atoms with Gasteiger partial charge in [-0.05, 0) is 92.5 Å². The Morgan fingerprint density at radius 3 is 2.32 bits per heavy atom. The molecule has 0 heterocycles. The maximum atomic E-state index is 12.8. The summed E-state index contributed by atoms with van der Waals surface area (Å²) in [6.45, 7) is 12.4. The number of anilines is 1. The lowest BCUT2D eigenvalue weighted by Crippen LogP contribution is -2.29. The molecule has 0 fully saturated rings. The lowest BCUT2D eigenvalue weighted by atomic mass is 9.89. The van der Waals surface area contributed by atoms with Gasteiger partial charge in [0.2, 0.25) is 0 Å². The number of hydrogen-bond acceptors (Lipinski definition) is 3. The highest BCUT2D eigenvalue weighted by molar-refractivity contribution is 6.29. The summed E-state index contributed by atoms with van der Waals surface area (Å²) in [6.07, 6.45) is 3.99. The number of nitroso groups, excluding NO2 is 1. The van der Waals surface area contributed by atoms with Crippen molar-refractivity contribution in [1.82, 2.24) is 0 Å². The fourth-order valence-electron chi connectivity index (χ4n) is 3.85. The van der Waals surface area contributed by atoms with E-state index in [4.69, 9.17) is 11.6 Å². The van der Waals surface area contributed by atoms with Crippen LogP contribution in [0.3, 0.4) is 0 Å². The molecule has 0 aromatic heterocycles. The maximum Gasteiger partial charge on any atom is 0.253 e. The van der Waals surface area contributed by atoms with E-state index in [1.807, 2.05) is 51.1 Å². The van der Waals surface area contributed by atoms with Crippen molar-refractivity contribution in [2.75, 3.05) is 11.9 Å². The topological polar surface area (TPSA) is 58.5 Å². The minimum atomic E-state index is -0.687. The summed E-state index contributed by atoms with van der Waals surface area (Å²) in [7, 11) is 0. The standard InChI is InChI=1S/C26H33ClN2O2/c1-7-9-24(26(6,27)8-2)25(30)29-21-12-10-20(11-13-21)23-16-17(3)22(14-15-28-31)18(4)19(23)5/h9-13,16H,7-8,14-15H2,1-6H3,(H,29,30). The molecular formula is C26H33ClN2O2. The van der Waals surface area contributed by atoms with Crippen molar-refractivity contribution < 1.29 is 4.79 Å². The second kappa shape index (κ2) is 10.7. The number of nitrogens with zero attached hydrogens (tertiary/aromatic N) is 1. The fraction of sp³-hybridized carbons (Fsp3) is 0.423. The number of nitrogens with one attached hydrogen (secondary N) is 1. The number of allylic oxidation sites excluding steroid dienone is 1. The third-order valence-corrected chi connectivity index (χ3v) is 6.51. The first-order valence-electron chi connectivity index (χ1n) is 10.9. The molecule has 4 nitrogen and oxygen atoms in total. The number of alkyl halides is 1. The number of carbonyl (C=O) groups excluding carboxylic acids is 1. The van der Waals surface area contributed by atoms with E-state index in [9.17, 15) is 9.70 Å². The van der Waals surface area contributed by atoms with Crippen LogP contribution in [0.15, 0.2) is 47.2 Å². The predicted octanol–water partition coefficient (Wildman–Crippen LogP) is 7.27. The summed E-state index contributed by atoms with van der Waals surface area (Å²) in [4.78, 5) is 22.7. The van der Waals surface area contributed by atoms with Crippen molar-refractivity contribution >= 4 is 23.2 Å². The molecule has 0 saturated heterocycles. The van der Waals surface area contributed by atoms with E-state index in [0.29, 0.717) is 25.0 Å². The Labute approximate surface area is 191 Å². The van der Waals surface area contributed by atoms with Crippen LogP contribution in [0, 0.1) is 25.7 Å². The van der Waals surface area contributed by atoms with Crippen LogP contribution in [-0.4, -0.2) is 17.3 Å². The van der Waals surface area contributed by atoms with E-state index in [0.717, 1.165) is 28.8 Å². The molecule has 1 unspecified atom stereocenters. The minimum Gasteiger partial charge on any atom is -0.322 e. The summed E-state index contributed by atoms with van der Waals surface area (Å²) in [5.41, 5.74) is 8.33. The molecule has 2 rings (SSSR count). The van der Waals surface area contributed by atoms with Crippen LogP contribution in [0.5, 0.6) is 0 Å². The summed E-state index contributed by atoms with van der Waals surface area (Å²) in [5, 5.41) is 5.99. The van der Waals surface area contributed by atoms with Crippen LogP contribution in [0.25, 0.3) is 11.1 Å². The molecule has 0 radical (unpaired) electrons. The van der Waals surface area contributed by atoms with Crippen molar-refractivity contribution in [1.29, 1.82) is 0 Å². The zero-order valence-electron chi connectivity index (χ0n) is 19.4. The molecule has 0 bridgehead atoms. The maximum absolute atomic E-state index is 12.8. The third kappa shape index (κ3) is 5.82. The molecule has 2 aromatic rings. The quantitative estimate of drug-likeness (QED) is 0.253. The molecule has 5 heteroatoms. The SMILES string of the molecule is CCC=C(C(=O)Nc1ccc(-c2cc(C)c(CCN=O)c(C)c2C)cc1)C(C)(Cl)CC. The molecular weight excluding hydrogens is 408 g/mol. The smallest absolute Gasteiger partial charge is 0.253 e. The van der Waals surface area contributed by atoms with Gasteiger partial charge in [-0.1, -0.05) is 43.3 Å².